The van der Waals surface area contributed by atoms with Gasteiger partial charge in [0.05, 0.1) is 11.9 Å². The number of aryl methyl sites for hydroxylation is 2. The highest BCUT2D eigenvalue weighted by Crippen LogP contribution is 2.21. The highest BCUT2D eigenvalue weighted by molar-refractivity contribution is 7.92. The fourth-order valence-electron chi connectivity index (χ4n) is 2.29. The number of halogens is 1. The monoisotopic (exact) mass is 399 g/mol. The predicted octanol–water partition coefficient (Wildman–Crippen LogP) is 2.18. The van der Waals surface area contributed by atoms with E-state index in [0.29, 0.717) is 11.4 Å². The van der Waals surface area contributed by atoms with Crippen LogP contribution < -0.4 is 4.72 Å². The summed E-state index contributed by atoms with van der Waals surface area (Å²) in [6.07, 6.45) is -0.0222. The van der Waals surface area contributed by atoms with E-state index >= 15 is 0 Å². The molecule has 0 amide bonds. The van der Waals surface area contributed by atoms with E-state index in [1.54, 1.807) is 14.0 Å². The second-order valence-electron chi connectivity index (χ2n) is 5.74. The molecule has 0 saturated heterocycles. The largest absolute Gasteiger partial charge is 0.451 e. The number of benzene rings is 1. The average molecular weight is 400 g/mol. The normalized spacial score (nSPS) is 12.5. The van der Waals surface area contributed by atoms with Crippen LogP contribution in [0.4, 0.5) is 5.69 Å². The summed E-state index contributed by atoms with van der Waals surface area (Å²) in [7, 11) is -1.81. The smallest absolute Gasteiger partial charge is 0.343 e. The Hall–Kier alpha value is -2.39. The van der Waals surface area contributed by atoms with E-state index in [-0.39, 0.29) is 16.3 Å². The molecule has 0 aliphatic heterocycles. The zero-order chi connectivity index (χ0) is 19.6. The Morgan fingerprint density at radius 1 is 1.27 bits per heavy atom. The second-order valence-corrected chi connectivity index (χ2v) is 7.84. The van der Waals surface area contributed by atoms with Crippen molar-refractivity contribution in [3.05, 3.63) is 46.2 Å². The van der Waals surface area contributed by atoms with Crippen molar-refractivity contribution in [2.24, 2.45) is 7.05 Å². The number of ether oxygens (including phenoxy) is 1. The predicted molar refractivity (Wildman–Crippen MR) is 97.1 cm³/mol. The topological polar surface area (TPSA) is 107 Å². The first kappa shape index (κ1) is 19.9. The number of nitrogens with zero attached hydrogens (tertiary/aromatic N) is 2. The maximum atomic E-state index is 12.4. The van der Waals surface area contributed by atoms with Crippen LogP contribution in [0, 0.1) is 6.92 Å². The maximum absolute atomic E-state index is 12.4. The van der Waals surface area contributed by atoms with Gasteiger partial charge in [-0.1, -0.05) is 11.6 Å². The number of rotatable bonds is 6. The zero-order valence-corrected chi connectivity index (χ0v) is 16.2. The summed E-state index contributed by atoms with van der Waals surface area (Å²) in [4.78, 5) is 24.7. The Balaban J connectivity index is 2.10. The fraction of sp³-hybridized carbons (Fsp3) is 0.312. The first-order valence-electron chi connectivity index (χ1n) is 7.51. The van der Waals surface area contributed by atoms with Crippen LogP contribution in [-0.4, -0.2) is 42.3 Å². The molecule has 1 aromatic heterocycles. The van der Waals surface area contributed by atoms with Crippen molar-refractivity contribution < 1.29 is 22.7 Å². The van der Waals surface area contributed by atoms with E-state index in [2.05, 4.69) is 9.82 Å². The van der Waals surface area contributed by atoms with Crippen LogP contribution in [0.5, 0.6) is 0 Å². The van der Waals surface area contributed by atoms with Gasteiger partial charge in [-0.3, -0.25) is 14.2 Å². The molecule has 1 atom stereocenters. The van der Waals surface area contributed by atoms with Crippen molar-refractivity contribution >= 4 is 39.1 Å². The van der Waals surface area contributed by atoms with Gasteiger partial charge in [0.25, 0.3) is 0 Å². The van der Waals surface area contributed by atoms with Gasteiger partial charge in [0.2, 0.25) is 15.8 Å². The van der Waals surface area contributed by atoms with Gasteiger partial charge in [0, 0.05) is 18.3 Å². The number of carbonyl (C=O) groups excluding carboxylic acids is 2. The van der Waals surface area contributed by atoms with Crippen LogP contribution in [0.1, 0.15) is 33.3 Å². The summed E-state index contributed by atoms with van der Waals surface area (Å²) in [6.45, 7) is 3.06. The zero-order valence-electron chi connectivity index (χ0n) is 14.6. The molecule has 1 heterocycles. The van der Waals surface area contributed by atoms with E-state index in [1.165, 1.54) is 35.9 Å². The number of carbonyl (C=O) groups is 2. The summed E-state index contributed by atoms with van der Waals surface area (Å²) >= 11 is 6.02. The van der Waals surface area contributed by atoms with Gasteiger partial charge in [0.1, 0.15) is 10.7 Å². The highest BCUT2D eigenvalue weighted by Gasteiger charge is 2.25. The molecule has 0 fully saturated rings. The van der Waals surface area contributed by atoms with Crippen LogP contribution in [0.3, 0.4) is 0 Å². The number of anilines is 1. The molecular formula is C16H18ClN3O5S. The van der Waals surface area contributed by atoms with Gasteiger partial charge in [-0.25, -0.2) is 13.2 Å². The van der Waals surface area contributed by atoms with Crippen molar-refractivity contribution in [1.29, 1.82) is 0 Å². The number of hydrogen-bond acceptors (Lipinski definition) is 6. The van der Waals surface area contributed by atoms with Crippen molar-refractivity contribution in [1.82, 2.24) is 9.78 Å². The van der Waals surface area contributed by atoms with E-state index in [9.17, 15) is 18.0 Å². The molecule has 0 aliphatic carbocycles. The lowest BCUT2D eigenvalue weighted by Crippen LogP contribution is -2.24. The van der Waals surface area contributed by atoms with E-state index in [4.69, 9.17) is 16.3 Å². The Bertz CT molecular complexity index is 951. The fourth-order valence-corrected chi connectivity index (χ4v) is 3.10. The summed E-state index contributed by atoms with van der Waals surface area (Å²) < 4.78 is 31.2. The standard InChI is InChI=1S/C16H18ClN3O5S/c1-9-13(15(17)20(3)18-9)16(22)25-10(2)14(21)11-5-7-12(8-6-11)19-26(4,23)24/h5-8,10,19H,1-4H3. The number of esters is 1. The van der Waals surface area contributed by atoms with Crippen LogP contribution >= 0.6 is 11.6 Å². The molecule has 0 radical (unpaired) electrons. The molecule has 2 rings (SSSR count). The quantitative estimate of drug-likeness (QED) is 0.589. The summed E-state index contributed by atoms with van der Waals surface area (Å²) in [6, 6.07) is 5.79. The average Bonchev–Trinajstić information content (AvgIpc) is 2.78. The maximum Gasteiger partial charge on any atom is 0.343 e. The molecular weight excluding hydrogens is 382 g/mol. The molecule has 1 aromatic carbocycles. The molecule has 1 unspecified atom stereocenters. The van der Waals surface area contributed by atoms with Crippen molar-refractivity contribution in [2.45, 2.75) is 20.0 Å². The number of hydrogen-bond donors (Lipinski definition) is 1. The third-order valence-corrected chi connectivity index (χ3v) is 4.52. The van der Waals surface area contributed by atoms with Gasteiger partial charge in [-0.05, 0) is 38.1 Å². The number of sulfonamides is 1. The molecule has 140 valence electrons. The van der Waals surface area contributed by atoms with Crippen LogP contribution in [0.2, 0.25) is 5.15 Å². The Kier molecular flexibility index (Phi) is 5.72. The number of Topliss-reactive ketones (excluding diaryl/α,β-unsaturated/α-hetero) is 1. The van der Waals surface area contributed by atoms with E-state index in [1.807, 2.05) is 0 Å². The summed E-state index contributed by atoms with van der Waals surface area (Å²) in [5, 5.41) is 4.15. The summed E-state index contributed by atoms with van der Waals surface area (Å²) in [5.41, 5.74) is 1.12. The molecule has 1 N–H and O–H groups in total. The lowest BCUT2D eigenvalue weighted by Gasteiger charge is -2.13. The third kappa shape index (κ3) is 4.61. The molecule has 10 heteroatoms. The van der Waals surface area contributed by atoms with E-state index < -0.39 is 27.9 Å². The van der Waals surface area contributed by atoms with Crippen LogP contribution in [0.15, 0.2) is 24.3 Å². The summed E-state index contributed by atoms with van der Waals surface area (Å²) in [5.74, 6) is -1.17. The number of nitrogens with one attached hydrogen (secondary N) is 1. The van der Waals surface area contributed by atoms with Crippen molar-refractivity contribution in [3.63, 3.8) is 0 Å². The van der Waals surface area contributed by atoms with Gasteiger partial charge in [-0.2, -0.15) is 5.10 Å². The van der Waals surface area contributed by atoms with Crippen molar-refractivity contribution in [2.75, 3.05) is 11.0 Å². The lowest BCUT2D eigenvalue weighted by atomic mass is 10.1. The Morgan fingerprint density at radius 2 is 1.85 bits per heavy atom. The lowest BCUT2D eigenvalue weighted by molar-refractivity contribution is 0.0318. The molecule has 26 heavy (non-hydrogen) atoms. The second kappa shape index (κ2) is 7.46. The molecule has 0 spiro atoms. The molecule has 0 aliphatic rings. The minimum Gasteiger partial charge on any atom is -0.451 e. The molecule has 0 saturated carbocycles. The molecule has 2 aromatic rings. The minimum absolute atomic E-state index is 0.113. The van der Waals surface area contributed by atoms with Gasteiger partial charge < -0.3 is 4.74 Å². The van der Waals surface area contributed by atoms with Crippen molar-refractivity contribution in [3.8, 4) is 0 Å². The van der Waals surface area contributed by atoms with Crippen LogP contribution in [-0.2, 0) is 21.8 Å². The van der Waals surface area contributed by atoms with Gasteiger partial charge >= 0.3 is 5.97 Å². The number of ketones is 1. The first-order chi connectivity index (χ1) is 12.0. The Labute approximate surface area is 156 Å². The third-order valence-electron chi connectivity index (χ3n) is 3.48. The molecule has 8 nitrogen and oxygen atoms in total. The van der Waals surface area contributed by atoms with Gasteiger partial charge in [0.15, 0.2) is 6.10 Å². The first-order valence-corrected chi connectivity index (χ1v) is 9.78. The minimum atomic E-state index is -3.40. The number of aromatic nitrogens is 2. The van der Waals surface area contributed by atoms with Crippen LogP contribution in [0.25, 0.3) is 0 Å². The molecule has 0 bridgehead atoms. The van der Waals surface area contributed by atoms with E-state index in [0.717, 1.165) is 6.26 Å². The highest BCUT2D eigenvalue weighted by atomic mass is 35.5. The van der Waals surface area contributed by atoms with Gasteiger partial charge in [-0.15, -0.1) is 0 Å². The Morgan fingerprint density at radius 3 is 2.31 bits per heavy atom. The SMILES string of the molecule is Cc1nn(C)c(Cl)c1C(=O)OC(C)C(=O)c1ccc(NS(C)(=O)=O)cc1.